The summed E-state index contributed by atoms with van der Waals surface area (Å²) in [6.07, 6.45) is 1.67. The van der Waals surface area contributed by atoms with Gasteiger partial charge in [-0.25, -0.2) is 4.98 Å². The number of methoxy groups -OCH3 is 1. The highest BCUT2D eigenvalue weighted by molar-refractivity contribution is 7.99. The minimum atomic E-state index is -0.129. The lowest BCUT2D eigenvalue weighted by molar-refractivity contribution is -0.118. The summed E-state index contributed by atoms with van der Waals surface area (Å²) in [6.45, 7) is 4.52. The van der Waals surface area contributed by atoms with Crippen molar-refractivity contribution in [1.29, 1.82) is 0 Å². The third kappa shape index (κ3) is 4.79. The van der Waals surface area contributed by atoms with Crippen molar-refractivity contribution < 1.29 is 9.53 Å². The zero-order chi connectivity index (χ0) is 22.5. The monoisotopic (exact) mass is 483 g/mol. The standard InChI is InChI=1S/C23H21N3O3S3/c1-3-10-26-22(28)20-17(18-5-4-11-30-18)13-31-21(20)25-23(26)32-14-19(27)24-12-15-6-8-16(29-2)9-7-15/h3-9,11,13H,1,10,12,14H2,2H3,(H,24,27). The van der Waals surface area contributed by atoms with Crippen LogP contribution in [0.3, 0.4) is 0 Å². The number of nitrogens with one attached hydrogen (secondary N) is 1. The van der Waals surface area contributed by atoms with Crippen LogP contribution < -0.4 is 15.6 Å². The van der Waals surface area contributed by atoms with Gasteiger partial charge in [-0.3, -0.25) is 14.2 Å². The van der Waals surface area contributed by atoms with Crippen LogP contribution in [0, 0.1) is 0 Å². The van der Waals surface area contributed by atoms with Gasteiger partial charge in [0.05, 0.1) is 18.2 Å². The lowest BCUT2D eigenvalue weighted by atomic mass is 10.2. The van der Waals surface area contributed by atoms with Gasteiger partial charge in [0.1, 0.15) is 10.6 Å². The fraction of sp³-hybridized carbons (Fsp3) is 0.174. The van der Waals surface area contributed by atoms with E-state index in [2.05, 4.69) is 11.9 Å². The average molecular weight is 484 g/mol. The molecular formula is C23H21N3O3S3. The van der Waals surface area contributed by atoms with E-state index in [0.717, 1.165) is 21.8 Å². The first-order chi connectivity index (χ1) is 15.6. The molecule has 0 bridgehead atoms. The number of hydrogen-bond donors (Lipinski definition) is 1. The van der Waals surface area contributed by atoms with Gasteiger partial charge < -0.3 is 10.1 Å². The maximum absolute atomic E-state index is 13.3. The van der Waals surface area contributed by atoms with Crippen LogP contribution in [0.15, 0.2) is 69.8 Å². The minimum absolute atomic E-state index is 0.110. The third-order valence-electron chi connectivity index (χ3n) is 4.74. The molecule has 0 aliphatic rings. The van der Waals surface area contributed by atoms with Crippen LogP contribution in [-0.4, -0.2) is 28.3 Å². The van der Waals surface area contributed by atoms with E-state index in [0.29, 0.717) is 28.5 Å². The molecule has 9 heteroatoms. The Morgan fingerprint density at radius 2 is 2.09 bits per heavy atom. The van der Waals surface area contributed by atoms with E-state index in [1.54, 1.807) is 29.1 Å². The Morgan fingerprint density at radius 1 is 1.28 bits per heavy atom. The predicted molar refractivity (Wildman–Crippen MR) is 133 cm³/mol. The van der Waals surface area contributed by atoms with Gasteiger partial charge in [-0.1, -0.05) is 36.0 Å². The van der Waals surface area contributed by atoms with Crippen molar-refractivity contribution in [3.63, 3.8) is 0 Å². The van der Waals surface area contributed by atoms with Crippen LogP contribution in [-0.2, 0) is 17.9 Å². The number of ether oxygens (including phenoxy) is 1. The summed E-state index contributed by atoms with van der Waals surface area (Å²) in [5.74, 6) is 0.804. The number of amides is 1. The molecule has 1 N–H and O–H groups in total. The summed E-state index contributed by atoms with van der Waals surface area (Å²) in [5, 5.41) is 7.99. The molecule has 0 aliphatic carbocycles. The highest BCUT2D eigenvalue weighted by atomic mass is 32.2. The Morgan fingerprint density at radius 3 is 2.78 bits per heavy atom. The molecule has 1 aromatic carbocycles. The van der Waals surface area contributed by atoms with Crippen molar-refractivity contribution in [1.82, 2.24) is 14.9 Å². The summed E-state index contributed by atoms with van der Waals surface area (Å²) in [4.78, 5) is 32.1. The molecule has 0 atom stereocenters. The van der Waals surface area contributed by atoms with Gasteiger partial charge in [0.25, 0.3) is 5.56 Å². The molecule has 0 spiro atoms. The van der Waals surface area contributed by atoms with E-state index in [1.807, 2.05) is 47.2 Å². The van der Waals surface area contributed by atoms with Crippen LogP contribution in [0.2, 0.25) is 0 Å². The number of allylic oxidation sites excluding steroid dienone is 1. The number of thioether (sulfide) groups is 1. The van der Waals surface area contributed by atoms with Gasteiger partial charge >= 0.3 is 0 Å². The van der Waals surface area contributed by atoms with Crippen LogP contribution in [0.1, 0.15) is 5.56 Å². The maximum atomic E-state index is 13.3. The zero-order valence-corrected chi connectivity index (χ0v) is 19.8. The Balaban J connectivity index is 1.50. The number of thiophene rings is 2. The van der Waals surface area contributed by atoms with Crippen molar-refractivity contribution in [2.75, 3.05) is 12.9 Å². The third-order valence-corrected chi connectivity index (χ3v) is 7.49. The second-order valence-electron chi connectivity index (χ2n) is 6.82. The average Bonchev–Trinajstić information content (AvgIpc) is 3.48. The van der Waals surface area contributed by atoms with Crippen molar-refractivity contribution >= 4 is 50.6 Å². The molecule has 1 amide bonds. The van der Waals surface area contributed by atoms with Gasteiger partial charge in [-0.05, 0) is 29.1 Å². The van der Waals surface area contributed by atoms with Crippen LogP contribution in [0.25, 0.3) is 20.7 Å². The van der Waals surface area contributed by atoms with Gasteiger partial charge in [-0.15, -0.1) is 29.3 Å². The van der Waals surface area contributed by atoms with Gasteiger partial charge in [0.15, 0.2) is 5.16 Å². The molecule has 0 aliphatic heterocycles. The lowest BCUT2D eigenvalue weighted by Crippen LogP contribution is -2.26. The van der Waals surface area contributed by atoms with Crippen LogP contribution in [0.4, 0.5) is 0 Å². The number of carbonyl (C=O) groups is 1. The number of carbonyl (C=O) groups excluding carboxylic acids is 1. The summed E-state index contributed by atoms with van der Waals surface area (Å²) in [5.41, 5.74) is 1.77. The highest BCUT2D eigenvalue weighted by Gasteiger charge is 2.18. The summed E-state index contributed by atoms with van der Waals surface area (Å²) < 4.78 is 6.73. The molecule has 0 saturated heterocycles. The number of aromatic nitrogens is 2. The van der Waals surface area contributed by atoms with E-state index in [1.165, 1.54) is 23.1 Å². The number of fused-ring (bicyclic) bond motifs is 1. The van der Waals surface area contributed by atoms with Gasteiger partial charge in [-0.2, -0.15) is 0 Å². The summed E-state index contributed by atoms with van der Waals surface area (Å²) >= 11 is 4.29. The smallest absolute Gasteiger partial charge is 0.263 e. The number of rotatable bonds is 9. The highest BCUT2D eigenvalue weighted by Crippen LogP contribution is 2.34. The topological polar surface area (TPSA) is 73.2 Å². The molecule has 0 fully saturated rings. The lowest BCUT2D eigenvalue weighted by Gasteiger charge is -2.11. The molecule has 3 heterocycles. The fourth-order valence-electron chi connectivity index (χ4n) is 3.14. The number of nitrogens with zero attached hydrogens (tertiary/aromatic N) is 2. The Hall–Kier alpha value is -2.88. The molecule has 0 radical (unpaired) electrons. The molecule has 164 valence electrons. The van der Waals surface area contributed by atoms with E-state index in [9.17, 15) is 9.59 Å². The molecular weight excluding hydrogens is 462 g/mol. The molecule has 3 aromatic heterocycles. The first-order valence-electron chi connectivity index (χ1n) is 9.80. The second kappa shape index (κ2) is 10.2. The molecule has 0 saturated carbocycles. The second-order valence-corrected chi connectivity index (χ2v) is 9.57. The number of benzene rings is 1. The molecule has 32 heavy (non-hydrogen) atoms. The Bertz CT molecular complexity index is 1290. The first kappa shape index (κ1) is 22.3. The van der Waals surface area contributed by atoms with Gasteiger partial charge in [0.2, 0.25) is 5.91 Å². The minimum Gasteiger partial charge on any atom is -0.497 e. The summed E-state index contributed by atoms with van der Waals surface area (Å²) in [6, 6.07) is 11.5. The molecule has 6 nitrogen and oxygen atoms in total. The van der Waals surface area contributed by atoms with E-state index < -0.39 is 0 Å². The largest absolute Gasteiger partial charge is 0.497 e. The van der Waals surface area contributed by atoms with E-state index >= 15 is 0 Å². The molecule has 4 aromatic rings. The Kier molecular flexibility index (Phi) is 7.09. The fourth-order valence-corrected chi connectivity index (χ4v) is 5.79. The number of hydrogen-bond acceptors (Lipinski definition) is 7. The molecule has 0 unspecified atom stereocenters. The molecule has 4 rings (SSSR count). The van der Waals surface area contributed by atoms with Crippen LogP contribution in [0.5, 0.6) is 5.75 Å². The van der Waals surface area contributed by atoms with Crippen molar-refractivity contribution in [2.24, 2.45) is 0 Å². The predicted octanol–water partition coefficient (Wildman–Crippen LogP) is 4.79. The van der Waals surface area contributed by atoms with Crippen LogP contribution >= 0.6 is 34.4 Å². The normalized spacial score (nSPS) is 10.9. The van der Waals surface area contributed by atoms with E-state index in [-0.39, 0.29) is 17.2 Å². The quantitative estimate of drug-likeness (QED) is 0.211. The van der Waals surface area contributed by atoms with Crippen molar-refractivity contribution in [3.05, 3.63) is 75.7 Å². The van der Waals surface area contributed by atoms with Gasteiger partial charge in [0, 0.05) is 28.9 Å². The van der Waals surface area contributed by atoms with Crippen molar-refractivity contribution in [3.8, 4) is 16.2 Å². The first-order valence-corrected chi connectivity index (χ1v) is 12.5. The van der Waals surface area contributed by atoms with E-state index in [4.69, 9.17) is 9.72 Å². The van der Waals surface area contributed by atoms with Crippen molar-refractivity contribution in [2.45, 2.75) is 18.2 Å². The SMILES string of the molecule is C=CCn1c(SCC(=O)NCc2ccc(OC)cc2)nc2scc(-c3cccs3)c2c1=O. The zero-order valence-electron chi connectivity index (χ0n) is 17.4. The summed E-state index contributed by atoms with van der Waals surface area (Å²) in [7, 11) is 1.62. The Labute approximate surface area is 197 Å². The maximum Gasteiger partial charge on any atom is 0.263 e.